The monoisotopic (exact) mass is 297 g/mol. The van der Waals surface area contributed by atoms with Gasteiger partial charge in [0.25, 0.3) is 0 Å². The predicted octanol–water partition coefficient (Wildman–Crippen LogP) is 3.77. The number of fused-ring (bicyclic) bond motifs is 4. The van der Waals surface area contributed by atoms with E-state index in [0.717, 1.165) is 24.1 Å². The lowest BCUT2D eigenvalue weighted by Crippen LogP contribution is -2.43. The van der Waals surface area contributed by atoms with Gasteiger partial charge in [-0.15, -0.1) is 0 Å². The maximum Gasteiger partial charge on any atom is 0.161 e. The van der Waals surface area contributed by atoms with Crippen molar-refractivity contribution in [2.24, 2.45) is 0 Å². The second-order valence-corrected chi connectivity index (χ2v) is 6.46. The van der Waals surface area contributed by atoms with Crippen molar-refractivity contribution >= 4 is 10.8 Å². The first-order valence-electron chi connectivity index (χ1n) is 8.20. The average molecular weight is 297 g/mol. The van der Waals surface area contributed by atoms with E-state index in [1.807, 2.05) is 0 Å². The molecule has 2 aliphatic rings. The Kier molecular flexibility index (Phi) is 3.45. The van der Waals surface area contributed by atoms with Gasteiger partial charge in [-0.25, -0.2) is 0 Å². The second kappa shape index (κ2) is 5.47. The van der Waals surface area contributed by atoms with E-state index in [1.165, 1.54) is 54.1 Å². The fraction of sp³-hybridized carbons (Fsp3) is 0.474. The average Bonchev–Trinajstić information content (AvgIpc) is 2.58. The van der Waals surface area contributed by atoms with Gasteiger partial charge in [-0.1, -0.05) is 18.6 Å². The number of hydrogen-bond acceptors (Lipinski definition) is 3. The lowest BCUT2D eigenvalue weighted by atomic mass is 9.85. The molecule has 0 radical (unpaired) electrons. The Morgan fingerprint density at radius 3 is 2.68 bits per heavy atom. The van der Waals surface area contributed by atoms with Gasteiger partial charge >= 0.3 is 0 Å². The molecule has 1 unspecified atom stereocenters. The standard InChI is InChI=1S/C19H23NO2/c1-21-18-9-13-6-7-14-12-20-8-4-3-5-15(20)10-16(14)17(13)11-19(18)22-2/h6-7,9,11,15H,3-5,8,10,12H2,1-2H3. The Labute approximate surface area is 131 Å². The number of rotatable bonds is 2. The van der Waals surface area contributed by atoms with E-state index in [2.05, 4.69) is 29.2 Å². The quantitative estimate of drug-likeness (QED) is 0.842. The van der Waals surface area contributed by atoms with Crippen molar-refractivity contribution in [2.75, 3.05) is 20.8 Å². The van der Waals surface area contributed by atoms with E-state index in [-0.39, 0.29) is 0 Å². The SMILES string of the molecule is COc1cc2ccc3c(c2cc1OC)CC1CCCCN1C3. The maximum absolute atomic E-state index is 5.51. The molecular formula is C19H23NO2. The number of ether oxygens (including phenoxy) is 2. The van der Waals surface area contributed by atoms with Gasteiger partial charge in [0.05, 0.1) is 14.2 Å². The van der Waals surface area contributed by atoms with Crippen LogP contribution in [-0.4, -0.2) is 31.7 Å². The van der Waals surface area contributed by atoms with Gasteiger partial charge in [-0.05, 0) is 59.8 Å². The molecule has 0 bridgehead atoms. The van der Waals surface area contributed by atoms with Crippen molar-refractivity contribution < 1.29 is 9.47 Å². The molecule has 1 saturated heterocycles. The molecule has 0 saturated carbocycles. The lowest BCUT2D eigenvalue weighted by molar-refractivity contribution is 0.128. The van der Waals surface area contributed by atoms with Crippen LogP contribution < -0.4 is 9.47 Å². The lowest BCUT2D eigenvalue weighted by Gasteiger charge is -2.40. The van der Waals surface area contributed by atoms with Crippen LogP contribution in [-0.2, 0) is 13.0 Å². The van der Waals surface area contributed by atoms with Crippen molar-refractivity contribution in [1.29, 1.82) is 0 Å². The molecule has 2 aliphatic heterocycles. The number of methoxy groups -OCH3 is 2. The van der Waals surface area contributed by atoms with E-state index < -0.39 is 0 Å². The fourth-order valence-electron chi connectivity index (χ4n) is 4.10. The van der Waals surface area contributed by atoms with E-state index in [9.17, 15) is 0 Å². The van der Waals surface area contributed by atoms with Crippen LogP contribution >= 0.6 is 0 Å². The third-order valence-corrected chi connectivity index (χ3v) is 5.29. The maximum atomic E-state index is 5.51. The van der Waals surface area contributed by atoms with Crippen LogP contribution in [0.25, 0.3) is 10.8 Å². The van der Waals surface area contributed by atoms with Crippen LogP contribution in [0.15, 0.2) is 24.3 Å². The van der Waals surface area contributed by atoms with E-state index in [1.54, 1.807) is 14.2 Å². The topological polar surface area (TPSA) is 21.7 Å². The van der Waals surface area contributed by atoms with Crippen molar-refractivity contribution in [1.82, 2.24) is 4.90 Å². The Morgan fingerprint density at radius 1 is 1.05 bits per heavy atom. The minimum absolute atomic E-state index is 0.722. The highest BCUT2D eigenvalue weighted by atomic mass is 16.5. The van der Waals surface area contributed by atoms with Crippen molar-refractivity contribution in [3.05, 3.63) is 35.4 Å². The Bertz CT molecular complexity index is 710. The van der Waals surface area contributed by atoms with Gasteiger partial charge in [-0.3, -0.25) is 4.90 Å². The summed E-state index contributed by atoms with van der Waals surface area (Å²) in [7, 11) is 3.41. The molecule has 116 valence electrons. The summed E-state index contributed by atoms with van der Waals surface area (Å²) < 4.78 is 10.9. The zero-order chi connectivity index (χ0) is 15.1. The molecule has 1 fully saturated rings. The highest BCUT2D eigenvalue weighted by Crippen LogP contribution is 2.38. The first-order chi connectivity index (χ1) is 10.8. The Balaban J connectivity index is 1.85. The zero-order valence-electron chi connectivity index (χ0n) is 13.4. The molecule has 2 aromatic rings. The Hall–Kier alpha value is -1.74. The number of nitrogens with zero attached hydrogens (tertiary/aromatic N) is 1. The third-order valence-electron chi connectivity index (χ3n) is 5.29. The van der Waals surface area contributed by atoms with Crippen LogP contribution in [0, 0.1) is 0 Å². The van der Waals surface area contributed by atoms with Gasteiger partial charge < -0.3 is 9.47 Å². The van der Waals surface area contributed by atoms with Gasteiger partial charge in [0.15, 0.2) is 11.5 Å². The normalized spacial score (nSPS) is 21.3. The summed E-state index contributed by atoms with van der Waals surface area (Å²) in [6, 6.07) is 9.50. The summed E-state index contributed by atoms with van der Waals surface area (Å²) in [6.45, 7) is 2.36. The summed E-state index contributed by atoms with van der Waals surface area (Å²) in [5, 5.41) is 2.58. The minimum atomic E-state index is 0.722. The molecule has 0 spiro atoms. The molecule has 22 heavy (non-hydrogen) atoms. The largest absolute Gasteiger partial charge is 0.493 e. The minimum Gasteiger partial charge on any atom is -0.493 e. The zero-order valence-corrected chi connectivity index (χ0v) is 13.4. The highest BCUT2D eigenvalue weighted by Gasteiger charge is 2.29. The second-order valence-electron chi connectivity index (χ2n) is 6.46. The van der Waals surface area contributed by atoms with E-state index >= 15 is 0 Å². The molecule has 3 nitrogen and oxygen atoms in total. The summed E-state index contributed by atoms with van der Waals surface area (Å²) in [5.41, 5.74) is 3.00. The van der Waals surface area contributed by atoms with Crippen molar-refractivity contribution in [3.8, 4) is 11.5 Å². The van der Waals surface area contributed by atoms with Crippen LogP contribution in [0.1, 0.15) is 30.4 Å². The molecule has 0 aromatic heterocycles. The third kappa shape index (κ3) is 2.15. The van der Waals surface area contributed by atoms with Crippen molar-refractivity contribution in [3.63, 3.8) is 0 Å². The molecule has 0 aliphatic carbocycles. The summed E-state index contributed by atoms with van der Waals surface area (Å²) in [4.78, 5) is 2.67. The fourth-order valence-corrected chi connectivity index (χ4v) is 4.10. The first-order valence-corrected chi connectivity index (χ1v) is 8.20. The van der Waals surface area contributed by atoms with Crippen LogP contribution in [0.4, 0.5) is 0 Å². The summed E-state index contributed by atoms with van der Waals surface area (Å²) in [6.07, 6.45) is 5.23. The van der Waals surface area contributed by atoms with Gasteiger partial charge in [0.1, 0.15) is 0 Å². The van der Waals surface area contributed by atoms with Gasteiger partial charge in [-0.2, -0.15) is 0 Å². The van der Waals surface area contributed by atoms with Crippen LogP contribution in [0.2, 0.25) is 0 Å². The highest BCUT2D eigenvalue weighted by molar-refractivity contribution is 5.90. The Morgan fingerprint density at radius 2 is 1.86 bits per heavy atom. The molecule has 1 atom stereocenters. The predicted molar refractivity (Wildman–Crippen MR) is 88.8 cm³/mol. The molecule has 3 heteroatoms. The number of piperidine rings is 1. The number of hydrogen-bond donors (Lipinski definition) is 0. The van der Waals surface area contributed by atoms with Gasteiger partial charge in [0.2, 0.25) is 0 Å². The molecule has 0 amide bonds. The van der Waals surface area contributed by atoms with E-state index in [4.69, 9.17) is 9.47 Å². The summed E-state index contributed by atoms with van der Waals surface area (Å²) in [5.74, 6) is 1.64. The molecule has 2 aromatic carbocycles. The summed E-state index contributed by atoms with van der Waals surface area (Å²) >= 11 is 0. The molecule has 4 rings (SSSR count). The van der Waals surface area contributed by atoms with Crippen molar-refractivity contribution in [2.45, 2.75) is 38.3 Å². The molecule has 2 heterocycles. The van der Waals surface area contributed by atoms with E-state index in [0.29, 0.717) is 0 Å². The van der Waals surface area contributed by atoms with Crippen LogP contribution in [0.3, 0.4) is 0 Å². The first kappa shape index (κ1) is 13.9. The van der Waals surface area contributed by atoms with Crippen LogP contribution in [0.5, 0.6) is 11.5 Å². The molecular weight excluding hydrogens is 274 g/mol. The molecule has 0 N–H and O–H groups in total. The number of benzene rings is 2. The smallest absolute Gasteiger partial charge is 0.161 e. The van der Waals surface area contributed by atoms with Gasteiger partial charge in [0, 0.05) is 12.6 Å².